The molecular weight excluding hydrogens is 804 g/mol. The van der Waals surface area contributed by atoms with Crippen LogP contribution in [0.2, 0.25) is 23.2 Å². The van der Waals surface area contributed by atoms with Gasteiger partial charge < -0.3 is 38.3 Å². The molecule has 0 radical (unpaired) electrons. The van der Waals surface area contributed by atoms with Crippen molar-refractivity contribution in [3.05, 3.63) is 172 Å². The van der Waals surface area contributed by atoms with Crippen LogP contribution in [0.15, 0.2) is 133 Å². The first kappa shape index (κ1) is 46.6. The van der Waals surface area contributed by atoms with E-state index < -0.39 is 38.8 Å². The van der Waals surface area contributed by atoms with Crippen LogP contribution in [0.4, 0.5) is 0 Å². The molecule has 5 aromatic rings. The van der Waals surface area contributed by atoms with Gasteiger partial charge in [-0.05, 0) is 89.0 Å². The summed E-state index contributed by atoms with van der Waals surface area (Å²) in [6.07, 6.45) is -2.10. The fourth-order valence-corrected chi connectivity index (χ4v) is 7.91. The number of aliphatic hydroxyl groups is 2. The summed E-state index contributed by atoms with van der Waals surface area (Å²) in [6.45, 7) is 12.5. The van der Waals surface area contributed by atoms with Crippen LogP contribution in [0.3, 0.4) is 0 Å². The first-order valence-corrected chi connectivity index (χ1v) is 24.7. The molecule has 0 heterocycles. The molecule has 0 aliphatic heterocycles. The molecule has 6 rings (SSSR count). The average Bonchev–Trinajstić information content (AvgIpc) is 4.10. The summed E-state index contributed by atoms with van der Waals surface area (Å²) in [5.41, 5.74) is 5.25. The van der Waals surface area contributed by atoms with Crippen molar-refractivity contribution in [2.45, 2.75) is 115 Å². The first-order valence-electron chi connectivity index (χ1n) is 21.4. The van der Waals surface area contributed by atoms with Gasteiger partial charge >= 0.3 is 0 Å². The summed E-state index contributed by atoms with van der Waals surface area (Å²) in [4.78, 5) is 0. The molecule has 1 aliphatic carbocycles. The van der Waals surface area contributed by atoms with Crippen molar-refractivity contribution in [3.63, 3.8) is 0 Å². The van der Waals surface area contributed by atoms with Crippen LogP contribution in [0.1, 0.15) is 73.1 Å². The Morgan fingerprint density at radius 1 is 0.639 bits per heavy atom. The Balaban J connectivity index is 1.32. The molecule has 61 heavy (non-hydrogen) atoms. The molecule has 0 spiro atoms. The Hall–Kier alpha value is -3.87. The molecule has 0 bridgehead atoms. The third-order valence-corrected chi connectivity index (χ3v) is 16.4. The van der Waals surface area contributed by atoms with E-state index >= 15 is 0 Å². The number of halogens is 1. The van der Waals surface area contributed by atoms with E-state index in [4.69, 9.17) is 39.7 Å². The maximum atomic E-state index is 12.6. The molecule has 2 unspecified atom stereocenters. The fourth-order valence-electron chi connectivity index (χ4n) is 6.71. The molecule has 2 N–H and O–H groups in total. The largest absolute Gasteiger partial charge is 0.491 e. The Labute approximate surface area is 368 Å². The van der Waals surface area contributed by atoms with Gasteiger partial charge in [0.15, 0.2) is 8.32 Å². The predicted molar refractivity (Wildman–Crippen MR) is 244 cm³/mol. The summed E-state index contributed by atoms with van der Waals surface area (Å²) in [6, 6.07) is 43.0. The van der Waals surface area contributed by atoms with Crippen LogP contribution < -0.4 is 4.74 Å². The maximum absolute atomic E-state index is 12.6. The third kappa shape index (κ3) is 14.3. The Kier molecular flexibility index (Phi) is 17.2. The monoisotopic (exact) mass is 866 g/mol. The van der Waals surface area contributed by atoms with Gasteiger partial charge in [0.2, 0.25) is 0 Å². The van der Waals surface area contributed by atoms with E-state index in [-0.39, 0.29) is 31.5 Å². The van der Waals surface area contributed by atoms with Crippen LogP contribution in [-0.4, -0.2) is 68.9 Å². The van der Waals surface area contributed by atoms with Gasteiger partial charge in [0, 0.05) is 5.02 Å². The second kappa shape index (κ2) is 22.5. The summed E-state index contributed by atoms with van der Waals surface area (Å²) >= 11 is 6.85. The zero-order valence-corrected chi connectivity index (χ0v) is 38.0. The molecular formula is C51H63ClO8Si. The molecule has 0 saturated heterocycles. The lowest BCUT2D eigenvalue weighted by atomic mass is 9.92. The van der Waals surface area contributed by atoms with Crippen molar-refractivity contribution in [2.24, 2.45) is 0 Å². The Bertz CT molecular complexity index is 2020. The van der Waals surface area contributed by atoms with E-state index in [0.717, 1.165) is 46.4 Å². The standard InChI is InChI=1S/C51H63ClO8Si/c1-51(2,3)61(4,5)60-36-46(53)48(57-33-38-15-9-6-10-16-38)50(59-35-40-19-13-8-14-20-40)49(58-34-39-17-11-7-12-18-39)47(54)41-23-28-45(52)42(32-41)31-37-21-24-43(25-22-37)55-29-30-56-44-26-27-44/h6-25,28,32,44,46-50,53-54H,26-27,29-31,33-36H2,1-5H3/t46?,47?,48-,49+,50+/m1/s1. The predicted octanol–water partition coefficient (Wildman–Crippen LogP) is 10.7. The number of benzene rings is 5. The van der Waals surface area contributed by atoms with Gasteiger partial charge in [-0.2, -0.15) is 0 Å². The van der Waals surface area contributed by atoms with Gasteiger partial charge in [-0.15, -0.1) is 0 Å². The third-order valence-electron chi connectivity index (χ3n) is 11.6. The summed E-state index contributed by atoms with van der Waals surface area (Å²) < 4.78 is 38.6. The first-order chi connectivity index (χ1) is 29.4. The minimum Gasteiger partial charge on any atom is -0.491 e. The highest BCUT2D eigenvalue weighted by molar-refractivity contribution is 6.74. The lowest BCUT2D eigenvalue weighted by Crippen LogP contribution is -2.53. The second-order valence-electron chi connectivity index (χ2n) is 17.5. The van der Waals surface area contributed by atoms with Crippen LogP contribution in [0.5, 0.6) is 5.75 Å². The van der Waals surface area contributed by atoms with E-state index in [9.17, 15) is 10.2 Å². The van der Waals surface area contributed by atoms with E-state index in [1.807, 2.05) is 133 Å². The summed E-state index contributed by atoms with van der Waals surface area (Å²) in [7, 11) is -2.29. The number of ether oxygens (including phenoxy) is 5. The highest BCUT2D eigenvalue weighted by atomic mass is 35.5. The maximum Gasteiger partial charge on any atom is 0.192 e. The molecule has 326 valence electrons. The van der Waals surface area contributed by atoms with E-state index in [0.29, 0.717) is 36.3 Å². The smallest absolute Gasteiger partial charge is 0.192 e. The molecule has 0 amide bonds. The molecule has 5 atom stereocenters. The lowest BCUT2D eigenvalue weighted by Gasteiger charge is -2.40. The number of aliphatic hydroxyl groups excluding tert-OH is 2. The van der Waals surface area contributed by atoms with Crippen LogP contribution in [0, 0.1) is 0 Å². The topological polar surface area (TPSA) is 95.8 Å². The van der Waals surface area contributed by atoms with Gasteiger partial charge in [-0.3, -0.25) is 0 Å². The number of hydrogen-bond donors (Lipinski definition) is 2. The molecule has 1 saturated carbocycles. The minimum absolute atomic E-state index is 0.0197. The minimum atomic E-state index is -2.29. The quantitative estimate of drug-likeness (QED) is 0.0468. The highest BCUT2D eigenvalue weighted by Gasteiger charge is 2.43. The normalized spacial score (nSPS) is 15.8. The van der Waals surface area contributed by atoms with Crippen LogP contribution >= 0.6 is 11.6 Å². The van der Waals surface area contributed by atoms with E-state index in [2.05, 4.69) is 33.9 Å². The zero-order valence-electron chi connectivity index (χ0n) is 36.3. The van der Waals surface area contributed by atoms with Crippen LogP contribution in [0.25, 0.3) is 0 Å². The highest BCUT2D eigenvalue weighted by Crippen LogP contribution is 2.37. The van der Waals surface area contributed by atoms with Gasteiger partial charge in [0.25, 0.3) is 0 Å². The summed E-state index contributed by atoms with van der Waals surface area (Å²) in [5, 5.41) is 25.4. The molecule has 1 fully saturated rings. The molecule has 10 heteroatoms. The number of hydrogen-bond acceptors (Lipinski definition) is 8. The van der Waals surface area contributed by atoms with Gasteiger partial charge in [-0.1, -0.05) is 148 Å². The Morgan fingerprint density at radius 3 is 1.69 bits per heavy atom. The molecule has 5 aromatic carbocycles. The number of rotatable bonds is 24. The zero-order chi connectivity index (χ0) is 43.2. The van der Waals surface area contributed by atoms with Crippen molar-refractivity contribution in [1.29, 1.82) is 0 Å². The lowest BCUT2D eigenvalue weighted by molar-refractivity contribution is -0.204. The van der Waals surface area contributed by atoms with Crippen molar-refractivity contribution >= 4 is 19.9 Å². The SMILES string of the molecule is CC(C)(C)[Si](C)(C)OCC(O)[C@@H](OCc1ccccc1)[C@H](OCc1ccccc1)[C@@H](OCc1ccccc1)C(O)c1ccc(Cl)c(Cc2ccc(OCCOC3CC3)cc2)c1. The van der Waals surface area contributed by atoms with Gasteiger partial charge in [0.05, 0.1) is 39.1 Å². The molecule has 0 aromatic heterocycles. The van der Waals surface area contributed by atoms with Gasteiger partial charge in [0.1, 0.15) is 42.9 Å². The molecule has 1 aliphatic rings. The van der Waals surface area contributed by atoms with Crippen molar-refractivity contribution in [2.75, 3.05) is 19.8 Å². The van der Waals surface area contributed by atoms with Crippen molar-refractivity contribution < 1.29 is 38.3 Å². The fraction of sp³-hybridized carbons (Fsp3) is 0.412. The van der Waals surface area contributed by atoms with Gasteiger partial charge in [-0.25, -0.2) is 0 Å². The Morgan fingerprint density at radius 2 is 1.16 bits per heavy atom. The average molecular weight is 868 g/mol. The summed E-state index contributed by atoms with van der Waals surface area (Å²) in [5.74, 6) is 0.777. The van der Waals surface area contributed by atoms with E-state index in [1.165, 1.54) is 0 Å². The molecule has 8 nitrogen and oxygen atoms in total. The van der Waals surface area contributed by atoms with Crippen molar-refractivity contribution in [3.8, 4) is 5.75 Å². The van der Waals surface area contributed by atoms with Crippen molar-refractivity contribution in [1.82, 2.24) is 0 Å². The second-order valence-corrected chi connectivity index (χ2v) is 22.7. The van der Waals surface area contributed by atoms with E-state index in [1.54, 1.807) is 0 Å². The van der Waals surface area contributed by atoms with Crippen LogP contribution in [-0.2, 0) is 49.6 Å².